The number of hydrogen-bond acceptors (Lipinski definition) is 5. The van der Waals surface area contributed by atoms with E-state index in [0.717, 1.165) is 0 Å². The Morgan fingerprint density at radius 1 is 1.83 bits per heavy atom. The lowest BCUT2D eigenvalue weighted by molar-refractivity contribution is 0.184. The quantitative estimate of drug-likeness (QED) is 0.328. The highest BCUT2D eigenvalue weighted by molar-refractivity contribution is 7.98. The molecule has 0 amide bonds. The van der Waals surface area contributed by atoms with Crippen molar-refractivity contribution in [2.75, 3.05) is 6.26 Å². The molecule has 0 radical (unpaired) electrons. The minimum atomic E-state index is -1.27. The van der Waals surface area contributed by atoms with Gasteiger partial charge in [0.1, 0.15) is 6.23 Å². The van der Waals surface area contributed by atoms with E-state index in [9.17, 15) is 4.79 Å². The Morgan fingerprint density at radius 3 is 2.92 bits per heavy atom. The first-order chi connectivity index (χ1) is 5.65. The van der Waals surface area contributed by atoms with Crippen molar-refractivity contribution in [3.8, 4) is 0 Å². The number of H-pyrrole nitrogens is 1. The lowest BCUT2D eigenvalue weighted by Gasteiger charge is -2.02. The summed E-state index contributed by atoms with van der Waals surface area (Å²) in [5.41, 5.74) is 4.77. The van der Waals surface area contributed by atoms with Gasteiger partial charge in [-0.15, -0.1) is 0 Å². The molecule has 1 rings (SSSR count). The second kappa shape index (κ2) is 3.70. The maximum atomic E-state index is 11.1. The zero-order chi connectivity index (χ0) is 9.14. The van der Waals surface area contributed by atoms with Crippen molar-refractivity contribution in [1.29, 1.82) is 0 Å². The molecule has 0 aliphatic carbocycles. The summed E-state index contributed by atoms with van der Waals surface area (Å²) in [5, 5.41) is 9.38. The van der Waals surface area contributed by atoms with Gasteiger partial charge in [0.2, 0.25) is 0 Å². The number of aromatic nitrogens is 2. The maximum Gasteiger partial charge on any atom is 0.258 e. The Balaban J connectivity index is 3.12. The molecule has 1 aromatic rings. The van der Waals surface area contributed by atoms with Gasteiger partial charge in [0, 0.05) is 6.20 Å². The van der Waals surface area contributed by atoms with Crippen LogP contribution in [0, 0.1) is 0 Å². The standard InChI is InChI=1S/C6H9N3O2S/c1-12-6-8-2-3(4(7)10)5(11)9-6/h2,4,10H,7H2,1H3,(H,8,9,11). The summed E-state index contributed by atoms with van der Waals surface area (Å²) in [7, 11) is 0. The molecule has 0 bridgehead atoms. The summed E-state index contributed by atoms with van der Waals surface area (Å²) >= 11 is 1.31. The van der Waals surface area contributed by atoms with Crippen LogP contribution in [0.2, 0.25) is 0 Å². The third-order valence-corrected chi connectivity index (χ3v) is 1.91. The van der Waals surface area contributed by atoms with E-state index in [-0.39, 0.29) is 5.56 Å². The van der Waals surface area contributed by atoms with Crippen LogP contribution in [0.4, 0.5) is 0 Å². The minimum absolute atomic E-state index is 0.0767. The highest BCUT2D eigenvalue weighted by atomic mass is 32.2. The molecule has 5 nitrogen and oxygen atoms in total. The molecule has 4 N–H and O–H groups in total. The molecular formula is C6H9N3O2S. The normalized spacial score (nSPS) is 12.9. The molecule has 0 aliphatic rings. The molecule has 0 saturated carbocycles. The first-order valence-electron chi connectivity index (χ1n) is 3.22. The van der Waals surface area contributed by atoms with Gasteiger partial charge in [-0.2, -0.15) is 0 Å². The van der Waals surface area contributed by atoms with Crippen LogP contribution in [0.5, 0.6) is 0 Å². The molecule has 1 aromatic heterocycles. The fourth-order valence-electron chi connectivity index (χ4n) is 0.703. The van der Waals surface area contributed by atoms with Crippen LogP contribution in [0.15, 0.2) is 16.1 Å². The predicted molar refractivity (Wildman–Crippen MR) is 45.8 cm³/mol. The second-order valence-corrected chi connectivity index (χ2v) is 2.92. The van der Waals surface area contributed by atoms with Crippen molar-refractivity contribution >= 4 is 11.8 Å². The molecule has 0 fully saturated rings. The fraction of sp³-hybridized carbons (Fsp3) is 0.333. The van der Waals surface area contributed by atoms with Crippen LogP contribution in [0.25, 0.3) is 0 Å². The van der Waals surface area contributed by atoms with E-state index in [0.29, 0.717) is 5.16 Å². The molecule has 0 aliphatic heterocycles. The summed E-state index contributed by atoms with van der Waals surface area (Å²) in [5.74, 6) is 0. The van der Waals surface area contributed by atoms with Gasteiger partial charge in [-0.05, 0) is 6.26 Å². The monoisotopic (exact) mass is 187 g/mol. The summed E-state index contributed by atoms with van der Waals surface area (Å²) in [6.45, 7) is 0. The van der Waals surface area contributed by atoms with E-state index in [1.165, 1.54) is 18.0 Å². The van der Waals surface area contributed by atoms with Crippen molar-refractivity contribution in [2.45, 2.75) is 11.4 Å². The molecule has 1 unspecified atom stereocenters. The number of aliphatic hydroxyl groups is 1. The maximum absolute atomic E-state index is 11.1. The number of aliphatic hydroxyl groups excluding tert-OH is 1. The van der Waals surface area contributed by atoms with Crippen LogP contribution in [-0.2, 0) is 0 Å². The Morgan fingerprint density at radius 2 is 2.50 bits per heavy atom. The highest BCUT2D eigenvalue weighted by Gasteiger charge is 2.06. The molecule has 0 saturated heterocycles. The minimum Gasteiger partial charge on any atom is -0.374 e. The zero-order valence-corrected chi connectivity index (χ0v) is 7.26. The molecule has 66 valence electrons. The number of hydrogen-bond donors (Lipinski definition) is 3. The van der Waals surface area contributed by atoms with Gasteiger partial charge in [0.05, 0.1) is 5.56 Å². The van der Waals surface area contributed by atoms with Crippen LogP contribution in [0.3, 0.4) is 0 Å². The Hall–Kier alpha value is -0.850. The largest absolute Gasteiger partial charge is 0.374 e. The molecule has 1 atom stereocenters. The molecule has 0 spiro atoms. The molecule has 12 heavy (non-hydrogen) atoms. The predicted octanol–water partition coefficient (Wildman–Crippen LogP) is -0.559. The van der Waals surface area contributed by atoms with Gasteiger partial charge in [0.15, 0.2) is 5.16 Å². The van der Waals surface area contributed by atoms with Crippen molar-refractivity contribution in [3.63, 3.8) is 0 Å². The average molecular weight is 187 g/mol. The Bertz CT molecular complexity index is 323. The van der Waals surface area contributed by atoms with Crippen molar-refractivity contribution in [2.24, 2.45) is 5.73 Å². The lowest BCUT2D eigenvalue weighted by atomic mass is 10.3. The lowest BCUT2D eigenvalue weighted by Crippen LogP contribution is -2.22. The third-order valence-electron chi connectivity index (χ3n) is 1.32. The average Bonchev–Trinajstić information content (AvgIpc) is 2.03. The molecule has 0 aromatic carbocycles. The SMILES string of the molecule is CSc1ncc(C(N)O)c(=O)[nH]1. The molecule has 6 heteroatoms. The second-order valence-electron chi connectivity index (χ2n) is 2.12. The van der Waals surface area contributed by atoms with Gasteiger partial charge in [0.25, 0.3) is 5.56 Å². The Labute approximate surface area is 73.0 Å². The number of rotatable bonds is 2. The van der Waals surface area contributed by atoms with E-state index in [2.05, 4.69) is 9.97 Å². The van der Waals surface area contributed by atoms with Gasteiger partial charge in [-0.3, -0.25) is 4.79 Å². The fourth-order valence-corrected chi connectivity index (χ4v) is 1.06. The van der Waals surface area contributed by atoms with E-state index >= 15 is 0 Å². The van der Waals surface area contributed by atoms with Crippen molar-refractivity contribution in [3.05, 3.63) is 22.1 Å². The number of nitrogens with two attached hydrogens (primary N) is 1. The number of aromatic amines is 1. The smallest absolute Gasteiger partial charge is 0.258 e. The number of nitrogens with one attached hydrogen (secondary N) is 1. The van der Waals surface area contributed by atoms with Gasteiger partial charge >= 0.3 is 0 Å². The zero-order valence-electron chi connectivity index (χ0n) is 6.44. The molecule has 1 heterocycles. The topological polar surface area (TPSA) is 92.0 Å². The van der Waals surface area contributed by atoms with Crippen molar-refractivity contribution < 1.29 is 5.11 Å². The first-order valence-corrected chi connectivity index (χ1v) is 4.44. The van der Waals surface area contributed by atoms with E-state index in [1.54, 1.807) is 6.26 Å². The van der Waals surface area contributed by atoms with E-state index < -0.39 is 11.8 Å². The first kappa shape index (κ1) is 9.24. The van der Waals surface area contributed by atoms with Gasteiger partial charge in [-0.1, -0.05) is 11.8 Å². The van der Waals surface area contributed by atoms with E-state index in [1.807, 2.05) is 0 Å². The van der Waals surface area contributed by atoms with Gasteiger partial charge in [-0.25, -0.2) is 4.98 Å². The highest BCUT2D eigenvalue weighted by Crippen LogP contribution is 2.05. The molecular weight excluding hydrogens is 178 g/mol. The van der Waals surface area contributed by atoms with Crippen LogP contribution in [-0.4, -0.2) is 21.3 Å². The van der Waals surface area contributed by atoms with Crippen molar-refractivity contribution in [1.82, 2.24) is 9.97 Å². The summed E-state index contributed by atoms with van der Waals surface area (Å²) in [4.78, 5) is 17.4. The summed E-state index contributed by atoms with van der Waals surface area (Å²) in [6.07, 6.45) is 1.80. The third kappa shape index (κ3) is 1.84. The van der Waals surface area contributed by atoms with Crippen LogP contribution >= 0.6 is 11.8 Å². The summed E-state index contributed by atoms with van der Waals surface area (Å²) < 4.78 is 0. The number of thioether (sulfide) groups is 1. The summed E-state index contributed by atoms with van der Waals surface area (Å²) in [6, 6.07) is 0. The van der Waals surface area contributed by atoms with Crippen LogP contribution in [0.1, 0.15) is 11.8 Å². The van der Waals surface area contributed by atoms with Crippen LogP contribution < -0.4 is 11.3 Å². The van der Waals surface area contributed by atoms with Gasteiger partial charge < -0.3 is 15.8 Å². The number of nitrogens with zero attached hydrogens (tertiary/aromatic N) is 1. The Kier molecular flexibility index (Phi) is 2.85. The van der Waals surface area contributed by atoms with E-state index in [4.69, 9.17) is 10.8 Å².